The van der Waals surface area contributed by atoms with Gasteiger partial charge in [0, 0.05) is 11.0 Å². The molecule has 0 aromatic heterocycles. The quantitative estimate of drug-likeness (QED) is 0.793. The van der Waals surface area contributed by atoms with E-state index in [-0.39, 0.29) is 0 Å². The highest BCUT2D eigenvalue weighted by molar-refractivity contribution is 9.10. The predicted molar refractivity (Wildman–Crippen MR) is 70.0 cm³/mol. The summed E-state index contributed by atoms with van der Waals surface area (Å²) in [6.07, 6.45) is 2.56. The number of hydrogen-bond acceptors (Lipinski definition) is 2. The minimum Gasteiger partial charge on any atom is -0.481 e. The van der Waals surface area contributed by atoms with Gasteiger partial charge in [0.1, 0.15) is 0 Å². The summed E-state index contributed by atoms with van der Waals surface area (Å²) in [6.45, 7) is 1.43. The van der Waals surface area contributed by atoms with Crippen molar-refractivity contribution in [1.29, 1.82) is 0 Å². The molecule has 2 rings (SSSR count). The number of carbonyl (C=O) groups is 1. The Labute approximate surface area is 109 Å². The van der Waals surface area contributed by atoms with Gasteiger partial charge in [-0.2, -0.15) is 0 Å². The maximum atomic E-state index is 10.9. The molecule has 1 aromatic rings. The molecule has 0 heterocycles. The second kappa shape index (κ2) is 5.19. The van der Waals surface area contributed by atoms with Crippen LogP contribution in [0, 0.1) is 5.41 Å². The molecule has 1 aliphatic carbocycles. The molecule has 3 nitrogen and oxygen atoms in total. The third-order valence-corrected chi connectivity index (χ3v) is 3.80. The Morgan fingerprint density at radius 1 is 1.35 bits per heavy atom. The highest BCUT2D eigenvalue weighted by Gasteiger charge is 2.49. The Bertz CT molecular complexity index is 398. The zero-order valence-corrected chi connectivity index (χ0v) is 11.2. The Kier molecular flexibility index (Phi) is 3.84. The number of nitrogens with one attached hydrogen (secondary N) is 1. The van der Waals surface area contributed by atoms with Gasteiger partial charge in [0.05, 0.1) is 5.41 Å². The number of hydrogen-bond donors (Lipinski definition) is 2. The third-order valence-electron chi connectivity index (χ3n) is 3.27. The predicted octanol–water partition coefficient (Wildman–Crippen LogP) is 2.45. The van der Waals surface area contributed by atoms with E-state index in [1.54, 1.807) is 0 Å². The molecule has 0 amide bonds. The summed E-state index contributed by atoms with van der Waals surface area (Å²) in [4.78, 5) is 10.9. The van der Waals surface area contributed by atoms with E-state index in [2.05, 4.69) is 33.4 Å². The molecule has 17 heavy (non-hydrogen) atoms. The van der Waals surface area contributed by atoms with Gasteiger partial charge in [-0.15, -0.1) is 0 Å². The molecule has 1 aliphatic rings. The molecule has 0 radical (unpaired) electrons. The monoisotopic (exact) mass is 297 g/mol. The van der Waals surface area contributed by atoms with Gasteiger partial charge in [0.2, 0.25) is 0 Å². The van der Waals surface area contributed by atoms with Crippen LogP contribution >= 0.6 is 15.9 Å². The van der Waals surface area contributed by atoms with Gasteiger partial charge in [-0.05, 0) is 43.5 Å². The van der Waals surface area contributed by atoms with Gasteiger partial charge >= 0.3 is 5.97 Å². The van der Waals surface area contributed by atoms with Gasteiger partial charge in [-0.25, -0.2) is 0 Å². The maximum absolute atomic E-state index is 10.9. The van der Waals surface area contributed by atoms with Crippen LogP contribution in [0.1, 0.15) is 18.4 Å². The molecule has 0 aliphatic heterocycles. The van der Waals surface area contributed by atoms with Gasteiger partial charge in [-0.3, -0.25) is 4.79 Å². The van der Waals surface area contributed by atoms with Crippen molar-refractivity contribution < 1.29 is 9.90 Å². The molecule has 0 saturated heterocycles. The molecule has 0 bridgehead atoms. The Balaban J connectivity index is 1.70. The summed E-state index contributed by atoms with van der Waals surface area (Å²) < 4.78 is 1.08. The lowest BCUT2D eigenvalue weighted by atomic mass is 10.1. The average Bonchev–Trinajstić information content (AvgIpc) is 3.08. The Morgan fingerprint density at radius 3 is 2.53 bits per heavy atom. The largest absolute Gasteiger partial charge is 0.481 e. The average molecular weight is 298 g/mol. The van der Waals surface area contributed by atoms with Crippen LogP contribution in [0.25, 0.3) is 0 Å². The van der Waals surface area contributed by atoms with Crippen LogP contribution in [0.4, 0.5) is 0 Å². The number of carboxylic acids is 1. The number of rotatable bonds is 6. The molecule has 0 atom stereocenters. The van der Waals surface area contributed by atoms with Gasteiger partial charge in [0.15, 0.2) is 0 Å². The minimum atomic E-state index is -0.659. The van der Waals surface area contributed by atoms with Crippen LogP contribution in [-0.4, -0.2) is 24.2 Å². The number of carboxylic acid groups (broad SMARTS) is 1. The molecule has 2 N–H and O–H groups in total. The van der Waals surface area contributed by atoms with Crippen LogP contribution < -0.4 is 5.32 Å². The van der Waals surface area contributed by atoms with Crippen LogP contribution in [-0.2, 0) is 11.2 Å². The first kappa shape index (κ1) is 12.6. The summed E-state index contributed by atoms with van der Waals surface area (Å²) in [5.41, 5.74) is 0.806. The summed E-state index contributed by atoms with van der Waals surface area (Å²) in [5.74, 6) is -0.659. The van der Waals surface area contributed by atoms with Crippen LogP contribution in [0.2, 0.25) is 0 Å². The van der Waals surface area contributed by atoms with E-state index in [9.17, 15) is 4.79 Å². The summed E-state index contributed by atoms with van der Waals surface area (Å²) in [5, 5.41) is 12.2. The first-order chi connectivity index (χ1) is 8.12. The fourth-order valence-electron chi connectivity index (χ4n) is 1.83. The SMILES string of the molecule is O=C(O)C1(CNCCc2ccc(Br)cc2)CC1. The van der Waals surface area contributed by atoms with Gasteiger partial charge in [-0.1, -0.05) is 28.1 Å². The van der Waals surface area contributed by atoms with Gasteiger partial charge in [0.25, 0.3) is 0 Å². The van der Waals surface area contributed by atoms with Crippen molar-refractivity contribution in [1.82, 2.24) is 5.32 Å². The number of aliphatic carboxylic acids is 1. The fraction of sp³-hybridized carbons (Fsp3) is 0.462. The summed E-state index contributed by atoms with van der Waals surface area (Å²) in [6, 6.07) is 8.20. The lowest BCUT2D eigenvalue weighted by molar-refractivity contribution is -0.143. The molecule has 0 spiro atoms. The molecule has 92 valence electrons. The zero-order valence-electron chi connectivity index (χ0n) is 9.58. The first-order valence-electron chi connectivity index (χ1n) is 5.81. The second-order valence-electron chi connectivity index (χ2n) is 4.64. The van der Waals surface area contributed by atoms with E-state index in [4.69, 9.17) is 5.11 Å². The topological polar surface area (TPSA) is 49.3 Å². The van der Waals surface area contributed by atoms with Crippen molar-refractivity contribution in [2.24, 2.45) is 5.41 Å². The molecular formula is C13H16BrNO2. The van der Waals surface area contributed by atoms with Crippen molar-refractivity contribution >= 4 is 21.9 Å². The smallest absolute Gasteiger partial charge is 0.310 e. The second-order valence-corrected chi connectivity index (χ2v) is 5.55. The molecule has 4 heteroatoms. The minimum absolute atomic E-state index is 0.459. The fourth-order valence-corrected chi connectivity index (χ4v) is 2.09. The third kappa shape index (κ3) is 3.30. The van der Waals surface area contributed by atoms with Crippen molar-refractivity contribution in [3.63, 3.8) is 0 Å². The van der Waals surface area contributed by atoms with Crippen LogP contribution in [0.3, 0.4) is 0 Å². The van der Waals surface area contributed by atoms with E-state index in [0.29, 0.717) is 6.54 Å². The van der Waals surface area contributed by atoms with Crippen LogP contribution in [0.15, 0.2) is 28.7 Å². The molecule has 1 fully saturated rings. The zero-order chi connectivity index (χ0) is 12.3. The van der Waals surface area contributed by atoms with E-state index in [0.717, 1.165) is 30.3 Å². The van der Waals surface area contributed by atoms with Crippen molar-refractivity contribution in [3.8, 4) is 0 Å². The van der Waals surface area contributed by atoms with E-state index in [1.165, 1.54) is 5.56 Å². The Morgan fingerprint density at radius 2 is 2.00 bits per heavy atom. The van der Waals surface area contributed by atoms with E-state index in [1.807, 2.05) is 12.1 Å². The lowest BCUT2D eigenvalue weighted by Crippen LogP contribution is -2.31. The van der Waals surface area contributed by atoms with Crippen LogP contribution in [0.5, 0.6) is 0 Å². The molecule has 0 unspecified atom stereocenters. The van der Waals surface area contributed by atoms with Crippen molar-refractivity contribution in [2.75, 3.05) is 13.1 Å². The highest BCUT2D eigenvalue weighted by atomic mass is 79.9. The Hall–Kier alpha value is -0.870. The van der Waals surface area contributed by atoms with E-state index < -0.39 is 11.4 Å². The lowest BCUT2D eigenvalue weighted by Gasteiger charge is -2.10. The normalized spacial score (nSPS) is 16.8. The number of benzene rings is 1. The standard InChI is InChI=1S/C13H16BrNO2/c14-11-3-1-10(2-4-11)5-8-15-9-13(6-7-13)12(16)17/h1-4,15H,5-9H2,(H,16,17). The summed E-state index contributed by atoms with van der Waals surface area (Å²) >= 11 is 3.40. The molecule has 1 aromatic carbocycles. The number of halogens is 1. The van der Waals surface area contributed by atoms with Crippen molar-refractivity contribution in [2.45, 2.75) is 19.3 Å². The molecular weight excluding hydrogens is 282 g/mol. The summed E-state index contributed by atoms with van der Waals surface area (Å²) in [7, 11) is 0. The van der Waals surface area contributed by atoms with Crippen molar-refractivity contribution in [3.05, 3.63) is 34.3 Å². The van der Waals surface area contributed by atoms with E-state index >= 15 is 0 Å². The maximum Gasteiger partial charge on any atom is 0.310 e. The van der Waals surface area contributed by atoms with Gasteiger partial charge < -0.3 is 10.4 Å². The molecule has 1 saturated carbocycles. The highest BCUT2D eigenvalue weighted by Crippen LogP contribution is 2.45. The first-order valence-corrected chi connectivity index (χ1v) is 6.60.